The van der Waals surface area contributed by atoms with Crippen molar-refractivity contribution in [1.29, 1.82) is 0 Å². The van der Waals surface area contributed by atoms with Crippen LogP contribution in [0.2, 0.25) is 5.02 Å². The Balaban J connectivity index is 2.83. The number of fused-ring (bicyclic) bond motifs is 1. The Labute approximate surface area is 101 Å². The highest BCUT2D eigenvalue weighted by Gasteiger charge is 2.13. The molecule has 1 N–H and O–H groups in total. The van der Waals surface area contributed by atoms with Crippen LogP contribution in [0.25, 0.3) is 11.0 Å². The van der Waals surface area contributed by atoms with Crippen LogP contribution in [0.15, 0.2) is 33.8 Å². The predicted molar refractivity (Wildman–Crippen MR) is 59.9 cm³/mol. The highest BCUT2D eigenvalue weighted by atomic mass is 35.5. The van der Waals surface area contributed by atoms with Crippen LogP contribution in [0.5, 0.6) is 0 Å². The van der Waals surface area contributed by atoms with Crippen molar-refractivity contribution in [2.75, 3.05) is 7.11 Å². The Morgan fingerprint density at radius 2 is 2.29 bits per heavy atom. The van der Waals surface area contributed by atoms with Gasteiger partial charge in [-0.05, 0) is 17.3 Å². The average molecular weight is 254 g/mol. The van der Waals surface area contributed by atoms with Gasteiger partial charge in [-0.25, -0.2) is 4.79 Å². The van der Waals surface area contributed by atoms with E-state index >= 15 is 0 Å². The van der Waals surface area contributed by atoms with Crippen molar-refractivity contribution < 1.29 is 19.2 Å². The molecule has 0 amide bonds. The van der Waals surface area contributed by atoms with E-state index in [1.54, 1.807) is 18.2 Å². The molecule has 0 bridgehead atoms. The molecule has 0 aliphatic carbocycles. The first kappa shape index (κ1) is 11.5. The van der Waals surface area contributed by atoms with Crippen molar-refractivity contribution in [3.05, 3.63) is 40.4 Å². The van der Waals surface area contributed by atoms with Gasteiger partial charge in [0.1, 0.15) is 5.56 Å². The van der Waals surface area contributed by atoms with Crippen LogP contribution in [0.1, 0.15) is 10.4 Å². The third-order valence-corrected chi connectivity index (χ3v) is 2.52. The van der Waals surface area contributed by atoms with Gasteiger partial charge in [0.15, 0.2) is 5.58 Å². The van der Waals surface area contributed by atoms with E-state index in [4.69, 9.17) is 21.2 Å². The first-order chi connectivity index (χ1) is 8.17. The summed E-state index contributed by atoms with van der Waals surface area (Å²) in [7, 11) is 1.23. The van der Waals surface area contributed by atoms with Gasteiger partial charge in [-0.3, -0.25) is 0 Å². The summed E-state index contributed by atoms with van der Waals surface area (Å²) in [6, 6.07) is 6.56. The summed E-state index contributed by atoms with van der Waals surface area (Å²) in [5.41, 5.74) is 0.136. The number of para-hydroxylation sites is 1. The van der Waals surface area contributed by atoms with Gasteiger partial charge in [0.05, 0.1) is 12.1 Å². The molecule has 5 nitrogen and oxygen atoms in total. The fraction of sp³-hybridized carbons (Fsp3) is 0.0909. The lowest BCUT2D eigenvalue weighted by molar-refractivity contribution is 0.0593. The van der Waals surface area contributed by atoms with Crippen LogP contribution in [-0.2, 0) is 4.74 Å². The number of carbonyl (C=O) groups excluding carboxylic acids is 1. The van der Waals surface area contributed by atoms with Crippen molar-refractivity contribution >= 4 is 28.5 Å². The zero-order valence-electron chi connectivity index (χ0n) is 8.81. The van der Waals surface area contributed by atoms with Gasteiger partial charge < -0.3 is 14.4 Å². The van der Waals surface area contributed by atoms with E-state index in [0.717, 1.165) is 0 Å². The number of carbonyl (C=O) groups is 1. The summed E-state index contributed by atoms with van der Waals surface area (Å²) in [4.78, 5) is 11.4. The van der Waals surface area contributed by atoms with Crippen molar-refractivity contribution in [3.8, 4) is 0 Å². The number of hydrogen-bond donors (Lipinski definition) is 1. The minimum atomic E-state index is -0.650. The summed E-state index contributed by atoms with van der Waals surface area (Å²) >= 11 is 5.92. The highest BCUT2D eigenvalue weighted by Crippen LogP contribution is 2.22. The zero-order valence-corrected chi connectivity index (χ0v) is 9.56. The number of nitrogens with zero attached hydrogens (tertiary/aromatic N) is 1. The van der Waals surface area contributed by atoms with Gasteiger partial charge in [-0.2, -0.15) is 0 Å². The average Bonchev–Trinajstić information content (AvgIpc) is 2.37. The maximum atomic E-state index is 11.4. The number of rotatable bonds is 1. The Morgan fingerprint density at radius 1 is 1.53 bits per heavy atom. The van der Waals surface area contributed by atoms with Gasteiger partial charge in [0.2, 0.25) is 0 Å². The van der Waals surface area contributed by atoms with Crippen LogP contribution in [0.4, 0.5) is 0 Å². The monoisotopic (exact) mass is 253 g/mol. The van der Waals surface area contributed by atoms with Gasteiger partial charge >= 0.3 is 5.97 Å². The smallest absolute Gasteiger partial charge is 0.343 e. The van der Waals surface area contributed by atoms with E-state index in [-0.39, 0.29) is 11.1 Å². The molecule has 1 aromatic heterocycles. The Hall–Kier alpha value is -2.01. The number of hydrogen-bond acceptors (Lipinski definition) is 5. The van der Waals surface area contributed by atoms with Crippen molar-refractivity contribution in [3.63, 3.8) is 0 Å². The lowest BCUT2D eigenvalue weighted by Gasteiger charge is -2.03. The third kappa shape index (κ3) is 1.97. The quantitative estimate of drug-likeness (QED) is 0.480. The first-order valence-electron chi connectivity index (χ1n) is 4.66. The van der Waals surface area contributed by atoms with Gasteiger partial charge in [-0.1, -0.05) is 23.7 Å². The zero-order chi connectivity index (χ0) is 12.4. The highest BCUT2D eigenvalue weighted by molar-refractivity contribution is 6.34. The van der Waals surface area contributed by atoms with E-state index in [9.17, 15) is 4.79 Å². The second-order valence-electron chi connectivity index (χ2n) is 3.21. The summed E-state index contributed by atoms with van der Waals surface area (Å²) < 4.78 is 9.80. The van der Waals surface area contributed by atoms with Crippen molar-refractivity contribution in [2.24, 2.45) is 5.16 Å². The molecule has 88 valence electrons. The minimum absolute atomic E-state index is 0.0322. The lowest BCUT2D eigenvalue weighted by atomic mass is 10.2. The topological polar surface area (TPSA) is 72.0 Å². The third-order valence-electron chi connectivity index (χ3n) is 2.22. The molecular weight excluding hydrogens is 246 g/mol. The fourth-order valence-electron chi connectivity index (χ4n) is 1.45. The Bertz CT molecular complexity index is 647. The van der Waals surface area contributed by atoms with E-state index in [1.807, 2.05) is 0 Å². The molecule has 17 heavy (non-hydrogen) atoms. The number of esters is 1. The molecule has 2 aromatic rings. The molecule has 0 aliphatic heterocycles. The Kier molecular flexibility index (Phi) is 3.01. The second kappa shape index (κ2) is 4.47. The molecule has 2 rings (SSSR count). The van der Waals surface area contributed by atoms with E-state index in [2.05, 4.69) is 9.89 Å². The SMILES string of the molecule is COC(=O)c1cc2cccc(Cl)c2o/c1=N/O. The predicted octanol–water partition coefficient (Wildman–Crippen LogP) is 2.16. The molecule has 1 aromatic carbocycles. The lowest BCUT2D eigenvalue weighted by Crippen LogP contribution is -2.16. The molecular formula is C11H8ClNO4. The molecule has 0 saturated carbocycles. The summed E-state index contributed by atoms with van der Waals surface area (Å²) in [5.74, 6) is -0.650. The second-order valence-corrected chi connectivity index (χ2v) is 3.62. The summed E-state index contributed by atoms with van der Waals surface area (Å²) in [5, 5.41) is 12.7. The minimum Gasteiger partial charge on any atom is -0.465 e. The number of ether oxygens (including phenoxy) is 1. The molecule has 0 fully saturated rings. The normalized spacial score (nSPS) is 11.8. The number of benzene rings is 1. The molecule has 6 heteroatoms. The van der Waals surface area contributed by atoms with E-state index < -0.39 is 5.97 Å². The molecule has 0 spiro atoms. The van der Waals surface area contributed by atoms with Crippen molar-refractivity contribution in [2.45, 2.75) is 0 Å². The summed E-state index contributed by atoms with van der Waals surface area (Å²) in [6.07, 6.45) is 0. The van der Waals surface area contributed by atoms with Crippen LogP contribution < -0.4 is 5.55 Å². The van der Waals surface area contributed by atoms with Gasteiger partial charge in [-0.15, -0.1) is 0 Å². The van der Waals surface area contributed by atoms with Crippen LogP contribution in [0.3, 0.4) is 0 Å². The van der Waals surface area contributed by atoms with Crippen LogP contribution >= 0.6 is 11.6 Å². The maximum absolute atomic E-state index is 11.4. The van der Waals surface area contributed by atoms with Gasteiger partial charge in [0, 0.05) is 5.39 Å². The maximum Gasteiger partial charge on any atom is 0.343 e. The Morgan fingerprint density at radius 3 is 2.94 bits per heavy atom. The summed E-state index contributed by atoms with van der Waals surface area (Å²) in [6.45, 7) is 0. The van der Waals surface area contributed by atoms with Gasteiger partial charge in [0.25, 0.3) is 5.55 Å². The fourth-order valence-corrected chi connectivity index (χ4v) is 1.67. The number of methoxy groups -OCH3 is 1. The molecule has 0 unspecified atom stereocenters. The molecule has 0 aliphatic rings. The van der Waals surface area contributed by atoms with E-state index in [0.29, 0.717) is 16.0 Å². The van der Waals surface area contributed by atoms with Crippen LogP contribution in [-0.4, -0.2) is 18.3 Å². The standard InChI is InChI=1S/C11H8ClNO4/c1-16-11(14)7-5-6-3-2-4-8(12)9(6)17-10(7)13-15/h2-5,15H,1H3/b13-10+. The van der Waals surface area contributed by atoms with Crippen molar-refractivity contribution in [1.82, 2.24) is 0 Å². The first-order valence-corrected chi connectivity index (χ1v) is 5.04. The molecule has 0 radical (unpaired) electrons. The van der Waals surface area contributed by atoms with Crippen LogP contribution in [0, 0.1) is 0 Å². The molecule has 1 heterocycles. The molecule has 0 atom stereocenters. The largest absolute Gasteiger partial charge is 0.465 e. The number of halogens is 1. The molecule has 0 saturated heterocycles. The van der Waals surface area contributed by atoms with E-state index in [1.165, 1.54) is 13.2 Å².